The number of rotatable bonds is 1. The van der Waals surface area contributed by atoms with Crippen LogP contribution in [0.1, 0.15) is 0 Å². The van der Waals surface area contributed by atoms with Crippen LogP contribution in [0.25, 0.3) is 91.8 Å². The minimum atomic E-state index is 0.668. The van der Waals surface area contributed by atoms with Gasteiger partial charge >= 0.3 is 0 Å². The van der Waals surface area contributed by atoms with Crippen LogP contribution in [0.3, 0.4) is 0 Å². The average Bonchev–Trinajstić information content (AvgIpc) is 3.41. The summed E-state index contributed by atoms with van der Waals surface area (Å²) in [5.74, 6) is 0. The van der Waals surface area contributed by atoms with Gasteiger partial charge in [-0.25, -0.2) is 4.85 Å². The zero-order valence-corrected chi connectivity index (χ0v) is 22.0. The van der Waals surface area contributed by atoms with E-state index in [1.165, 1.54) is 59.6 Å². The van der Waals surface area contributed by atoms with Crippen molar-refractivity contribution < 1.29 is 4.42 Å². The molecule has 0 atom stereocenters. The second-order valence-corrected chi connectivity index (χ2v) is 10.8. The maximum atomic E-state index is 7.32. The lowest BCUT2D eigenvalue weighted by atomic mass is 9.90. The van der Waals surface area contributed by atoms with Gasteiger partial charge in [-0.1, -0.05) is 91.0 Å². The Morgan fingerprint density at radius 1 is 0.415 bits per heavy atom. The highest BCUT2D eigenvalue weighted by molar-refractivity contribution is 6.30. The van der Waals surface area contributed by atoms with Gasteiger partial charge in [0.1, 0.15) is 11.2 Å². The van der Waals surface area contributed by atoms with Crippen LogP contribution < -0.4 is 0 Å². The third-order valence-electron chi connectivity index (χ3n) is 8.60. The van der Waals surface area contributed by atoms with Crippen molar-refractivity contribution in [2.24, 2.45) is 0 Å². The molecule has 0 spiro atoms. The average molecular weight is 520 g/mol. The number of fused-ring (bicyclic) bond motifs is 12. The van der Waals surface area contributed by atoms with Crippen LogP contribution in [0.2, 0.25) is 0 Å². The predicted molar refractivity (Wildman–Crippen MR) is 173 cm³/mol. The number of nitrogens with zero attached hydrogens (tertiary/aromatic N) is 1. The van der Waals surface area contributed by atoms with Crippen molar-refractivity contribution in [2.45, 2.75) is 0 Å². The molecule has 2 nitrogen and oxygen atoms in total. The van der Waals surface area contributed by atoms with Gasteiger partial charge < -0.3 is 4.42 Å². The van der Waals surface area contributed by atoms with E-state index in [2.05, 4.69) is 114 Å². The van der Waals surface area contributed by atoms with E-state index < -0.39 is 0 Å². The molecule has 0 aliphatic rings. The molecule has 41 heavy (non-hydrogen) atoms. The summed E-state index contributed by atoms with van der Waals surface area (Å²) in [5, 5.41) is 14.4. The Labute approximate surface area is 235 Å². The number of hydrogen-bond acceptors (Lipinski definition) is 1. The molecule has 0 aliphatic carbocycles. The number of hydrogen-bond donors (Lipinski definition) is 0. The van der Waals surface area contributed by atoms with Gasteiger partial charge in [-0.3, -0.25) is 0 Å². The Morgan fingerprint density at radius 2 is 1.05 bits per heavy atom. The van der Waals surface area contributed by atoms with E-state index in [0.717, 1.165) is 27.3 Å². The second kappa shape index (κ2) is 8.18. The van der Waals surface area contributed by atoms with Crippen molar-refractivity contribution in [3.63, 3.8) is 0 Å². The first-order chi connectivity index (χ1) is 20.2. The molecule has 8 aromatic carbocycles. The van der Waals surface area contributed by atoms with Crippen molar-refractivity contribution >= 4 is 81.5 Å². The topological polar surface area (TPSA) is 17.5 Å². The standard InChI is InChI=1S/C39H21NO/c1-40-28-15-12-25-18-24(10-11-26(25)19-28)27-13-16-32-33(20-27)30-8-4-5-9-31(30)34-21-36-38(22-35(32)34)41-37-17-14-23-6-2-3-7-29(23)39(36)37/h2-22H. The van der Waals surface area contributed by atoms with Crippen LogP contribution in [0.4, 0.5) is 5.69 Å². The third kappa shape index (κ3) is 3.18. The van der Waals surface area contributed by atoms with Gasteiger partial charge in [-0.15, -0.1) is 0 Å². The summed E-state index contributed by atoms with van der Waals surface area (Å²) in [5.41, 5.74) is 4.84. The fourth-order valence-corrected chi connectivity index (χ4v) is 6.65. The van der Waals surface area contributed by atoms with Crippen molar-refractivity contribution in [3.05, 3.63) is 139 Å². The van der Waals surface area contributed by atoms with Crippen molar-refractivity contribution in [2.75, 3.05) is 0 Å². The summed E-state index contributed by atoms with van der Waals surface area (Å²) in [6, 6.07) is 45.2. The van der Waals surface area contributed by atoms with Gasteiger partial charge in [0, 0.05) is 10.8 Å². The van der Waals surface area contributed by atoms with Crippen molar-refractivity contribution in [1.82, 2.24) is 0 Å². The Bertz CT molecular complexity index is 2600. The molecule has 2 heteroatoms. The summed E-state index contributed by atoms with van der Waals surface area (Å²) in [6.45, 7) is 7.32. The van der Waals surface area contributed by atoms with Gasteiger partial charge in [0.25, 0.3) is 0 Å². The smallest absolute Gasteiger partial charge is 0.187 e. The third-order valence-corrected chi connectivity index (χ3v) is 8.60. The van der Waals surface area contributed by atoms with Gasteiger partial charge in [0.15, 0.2) is 5.69 Å². The van der Waals surface area contributed by atoms with Gasteiger partial charge in [0.05, 0.1) is 6.57 Å². The molecule has 0 N–H and O–H groups in total. The first kappa shape index (κ1) is 22.2. The van der Waals surface area contributed by atoms with Crippen LogP contribution in [0.15, 0.2) is 132 Å². The highest BCUT2D eigenvalue weighted by Crippen LogP contribution is 2.42. The minimum absolute atomic E-state index is 0.668. The largest absolute Gasteiger partial charge is 0.456 e. The van der Waals surface area contributed by atoms with E-state index in [4.69, 9.17) is 11.0 Å². The van der Waals surface area contributed by atoms with E-state index in [-0.39, 0.29) is 0 Å². The van der Waals surface area contributed by atoms with Crippen LogP contribution in [0.5, 0.6) is 0 Å². The highest BCUT2D eigenvalue weighted by atomic mass is 16.3. The van der Waals surface area contributed by atoms with Crippen LogP contribution in [-0.4, -0.2) is 0 Å². The van der Waals surface area contributed by atoms with E-state index in [0.29, 0.717) is 5.69 Å². The van der Waals surface area contributed by atoms with E-state index in [1.807, 2.05) is 18.2 Å². The monoisotopic (exact) mass is 519 g/mol. The van der Waals surface area contributed by atoms with E-state index >= 15 is 0 Å². The molecule has 9 rings (SSSR count). The molecule has 0 fully saturated rings. The van der Waals surface area contributed by atoms with Crippen molar-refractivity contribution in [3.8, 4) is 11.1 Å². The van der Waals surface area contributed by atoms with Crippen LogP contribution >= 0.6 is 0 Å². The van der Waals surface area contributed by atoms with Gasteiger partial charge in [-0.05, 0) is 101 Å². The summed E-state index contributed by atoms with van der Waals surface area (Å²) >= 11 is 0. The fourth-order valence-electron chi connectivity index (χ4n) is 6.65. The zero-order valence-electron chi connectivity index (χ0n) is 22.0. The first-order valence-corrected chi connectivity index (χ1v) is 13.8. The molecule has 0 saturated carbocycles. The molecule has 0 radical (unpaired) electrons. The van der Waals surface area contributed by atoms with E-state index in [1.54, 1.807) is 0 Å². The normalized spacial score (nSPS) is 11.9. The number of benzene rings is 8. The molecular formula is C39H21NO. The molecule has 0 saturated heterocycles. The molecule has 1 heterocycles. The summed E-state index contributed by atoms with van der Waals surface area (Å²) in [6.07, 6.45) is 0. The van der Waals surface area contributed by atoms with Gasteiger partial charge in [0.2, 0.25) is 0 Å². The lowest BCUT2D eigenvalue weighted by molar-refractivity contribution is 0.670. The molecule has 9 aromatic rings. The lowest BCUT2D eigenvalue weighted by Crippen LogP contribution is -1.86. The Balaban J connectivity index is 1.34. The number of furan rings is 1. The quantitative estimate of drug-likeness (QED) is 0.156. The lowest BCUT2D eigenvalue weighted by Gasteiger charge is -2.13. The maximum Gasteiger partial charge on any atom is 0.187 e. The second-order valence-electron chi connectivity index (χ2n) is 10.8. The summed E-state index contributed by atoms with van der Waals surface area (Å²) < 4.78 is 6.46. The minimum Gasteiger partial charge on any atom is -0.456 e. The Hall–Kier alpha value is -5.65. The summed E-state index contributed by atoms with van der Waals surface area (Å²) in [7, 11) is 0. The first-order valence-electron chi connectivity index (χ1n) is 13.8. The Kier molecular flexibility index (Phi) is 4.43. The highest BCUT2D eigenvalue weighted by Gasteiger charge is 2.16. The summed E-state index contributed by atoms with van der Waals surface area (Å²) in [4.78, 5) is 3.58. The molecule has 0 aliphatic heterocycles. The molecular weight excluding hydrogens is 498 g/mol. The van der Waals surface area contributed by atoms with Crippen LogP contribution in [-0.2, 0) is 0 Å². The van der Waals surface area contributed by atoms with Crippen molar-refractivity contribution in [1.29, 1.82) is 0 Å². The molecule has 0 amide bonds. The fraction of sp³-hybridized carbons (Fsp3) is 0. The van der Waals surface area contributed by atoms with Crippen LogP contribution in [0, 0.1) is 6.57 Å². The molecule has 0 bridgehead atoms. The Morgan fingerprint density at radius 3 is 1.90 bits per heavy atom. The van der Waals surface area contributed by atoms with E-state index in [9.17, 15) is 0 Å². The zero-order chi connectivity index (χ0) is 27.1. The molecule has 1 aromatic heterocycles. The maximum absolute atomic E-state index is 7.32. The predicted octanol–water partition coefficient (Wildman–Crippen LogP) is 11.6. The molecule has 0 unspecified atom stereocenters. The molecule has 188 valence electrons. The van der Waals surface area contributed by atoms with Gasteiger partial charge in [-0.2, -0.15) is 0 Å². The SMILES string of the molecule is [C-]#[N+]c1ccc2cc(-c3ccc4c(c3)c3ccccc3c3cc5c(cc43)oc3ccc4ccccc4c35)ccc2c1.